The maximum absolute atomic E-state index is 5.30. The number of rotatable bonds is 3. The summed E-state index contributed by atoms with van der Waals surface area (Å²) in [7, 11) is 0.602. The molecule has 0 amide bonds. The molecule has 0 heterocycles. The van der Waals surface area contributed by atoms with E-state index in [9.17, 15) is 0 Å². The number of aryl methyl sites for hydroxylation is 1. The van der Waals surface area contributed by atoms with Crippen molar-refractivity contribution in [2.45, 2.75) is 32.5 Å². The molecule has 1 aliphatic rings. The monoisotopic (exact) mass is 258 g/mol. The standard InChI is InChI=1S/C16H22OSi/c1-17-15-8-9-16-13(10-11-18(2,3)4)6-5-7-14(16)12-15/h6,8-12H,5,7H2,1-4H3/b11-10+. The molecule has 1 aromatic rings. The van der Waals surface area contributed by atoms with Crippen LogP contribution in [-0.2, 0) is 6.42 Å². The van der Waals surface area contributed by atoms with E-state index in [0.717, 1.165) is 18.6 Å². The zero-order valence-corrected chi connectivity index (χ0v) is 12.8. The Morgan fingerprint density at radius 2 is 2.00 bits per heavy atom. The Kier molecular flexibility index (Phi) is 3.76. The lowest BCUT2D eigenvalue weighted by molar-refractivity contribution is 0.414. The van der Waals surface area contributed by atoms with Gasteiger partial charge < -0.3 is 4.74 Å². The number of methoxy groups -OCH3 is 1. The van der Waals surface area contributed by atoms with E-state index in [1.807, 2.05) is 0 Å². The first-order valence-electron chi connectivity index (χ1n) is 6.56. The largest absolute Gasteiger partial charge is 0.497 e. The van der Waals surface area contributed by atoms with E-state index >= 15 is 0 Å². The number of allylic oxidation sites excluding steroid dienone is 3. The molecule has 2 heteroatoms. The summed E-state index contributed by atoms with van der Waals surface area (Å²) in [6.45, 7) is 7.09. The van der Waals surface area contributed by atoms with E-state index in [1.165, 1.54) is 16.7 Å². The number of fused-ring (bicyclic) bond motifs is 1. The Morgan fingerprint density at radius 3 is 2.67 bits per heavy atom. The second kappa shape index (κ2) is 5.15. The fourth-order valence-corrected chi connectivity index (χ4v) is 2.86. The highest BCUT2D eigenvalue weighted by atomic mass is 28.3. The van der Waals surface area contributed by atoms with Crippen molar-refractivity contribution in [3.63, 3.8) is 0 Å². The summed E-state index contributed by atoms with van der Waals surface area (Å²) in [6.07, 6.45) is 6.92. The highest BCUT2D eigenvalue weighted by Gasteiger charge is 2.13. The van der Waals surface area contributed by atoms with Gasteiger partial charge in [0.2, 0.25) is 0 Å². The van der Waals surface area contributed by atoms with Crippen molar-refractivity contribution in [1.29, 1.82) is 0 Å². The molecule has 0 atom stereocenters. The van der Waals surface area contributed by atoms with Gasteiger partial charge in [0.25, 0.3) is 0 Å². The minimum atomic E-state index is -1.13. The molecule has 18 heavy (non-hydrogen) atoms. The Morgan fingerprint density at radius 1 is 1.22 bits per heavy atom. The number of ether oxygens (including phenoxy) is 1. The summed E-state index contributed by atoms with van der Waals surface area (Å²) in [6, 6.07) is 6.42. The predicted octanol–water partition coefficient (Wildman–Crippen LogP) is 4.46. The lowest BCUT2D eigenvalue weighted by atomic mass is 9.91. The van der Waals surface area contributed by atoms with Gasteiger partial charge in [0.1, 0.15) is 5.75 Å². The summed E-state index contributed by atoms with van der Waals surface area (Å²) in [5, 5.41) is 0. The lowest BCUT2D eigenvalue weighted by Gasteiger charge is -2.17. The molecular weight excluding hydrogens is 236 g/mol. The van der Waals surface area contributed by atoms with E-state index < -0.39 is 8.07 Å². The van der Waals surface area contributed by atoms with Gasteiger partial charge in [-0.15, -0.1) is 0 Å². The van der Waals surface area contributed by atoms with Crippen molar-refractivity contribution in [2.24, 2.45) is 0 Å². The Balaban J connectivity index is 2.32. The normalized spacial score (nSPS) is 15.4. The average Bonchev–Trinajstić information content (AvgIpc) is 2.34. The highest BCUT2D eigenvalue weighted by Crippen LogP contribution is 2.30. The quantitative estimate of drug-likeness (QED) is 0.727. The van der Waals surface area contributed by atoms with Gasteiger partial charge in [0.15, 0.2) is 0 Å². The molecule has 0 unspecified atom stereocenters. The summed E-state index contributed by atoms with van der Waals surface area (Å²) < 4.78 is 5.30. The molecule has 2 rings (SSSR count). The fourth-order valence-electron chi connectivity index (χ4n) is 2.18. The van der Waals surface area contributed by atoms with Crippen LogP contribution in [0.2, 0.25) is 19.6 Å². The third-order valence-corrected chi connectivity index (χ3v) is 4.33. The second-order valence-electron chi connectivity index (χ2n) is 5.92. The number of hydrogen-bond donors (Lipinski definition) is 0. The van der Waals surface area contributed by atoms with Gasteiger partial charge in [-0.1, -0.05) is 43.6 Å². The van der Waals surface area contributed by atoms with E-state index in [2.05, 4.69) is 55.7 Å². The zero-order chi connectivity index (χ0) is 13.2. The Bertz CT molecular complexity index is 492. The summed E-state index contributed by atoms with van der Waals surface area (Å²) >= 11 is 0. The van der Waals surface area contributed by atoms with Gasteiger partial charge in [0, 0.05) is 0 Å². The molecule has 96 valence electrons. The molecule has 0 radical (unpaired) electrons. The second-order valence-corrected chi connectivity index (χ2v) is 11.0. The van der Waals surface area contributed by atoms with Crippen molar-refractivity contribution < 1.29 is 4.74 Å². The molecule has 0 aromatic heterocycles. The molecule has 0 saturated heterocycles. The van der Waals surface area contributed by atoms with Gasteiger partial charge in [0.05, 0.1) is 15.2 Å². The molecule has 1 aromatic carbocycles. The summed E-state index contributed by atoms with van der Waals surface area (Å²) in [5.41, 5.74) is 6.57. The third-order valence-electron chi connectivity index (χ3n) is 3.16. The van der Waals surface area contributed by atoms with Crippen LogP contribution in [-0.4, -0.2) is 15.2 Å². The molecule has 0 N–H and O–H groups in total. The molecule has 0 bridgehead atoms. The van der Waals surface area contributed by atoms with Crippen LogP contribution < -0.4 is 4.74 Å². The smallest absolute Gasteiger partial charge is 0.119 e. The van der Waals surface area contributed by atoms with Crippen LogP contribution in [0.4, 0.5) is 0 Å². The SMILES string of the molecule is COc1ccc2c(c1)CCC=C2/C=C/[Si](C)(C)C. The van der Waals surface area contributed by atoms with Crippen LogP contribution in [0.15, 0.2) is 36.1 Å². The fraction of sp³-hybridized carbons (Fsp3) is 0.375. The number of hydrogen-bond acceptors (Lipinski definition) is 1. The molecule has 0 saturated carbocycles. The first-order chi connectivity index (χ1) is 8.49. The third kappa shape index (κ3) is 3.14. The first kappa shape index (κ1) is 13.2. The molecule has 0 spiro atoms. The van der Waals surface area contributed by atoms with Gasteiger partial charge in [-0.3, -0.25) is 0 Å². The molecular formula is C16H22OSi. The van der Waals surface area contributed by atoms with Gasteiger partial charge in [-0.05, 0) is 41.7 Å². The van der Waals surface area contributed by atoms with Crippen LogP contribution >= 0.6 is 0 Å². The zero-order valence-electron chi connectivity index (χ0n) is 11.8. The van der Waals surface area contributed by atoms with Crippen LogP contribution in [0, 0.1) is 0 Å². The van der Waals surface area contributed by atoms with Crippen LogP contribution in [0.3, 0.4) is 0 Å². The van der Waals surface area contributed by atoms with E-state index in [0.29, 0.717) is 0 Å². The van der Waals surface area contributed by atoms with Crippen molar-refractivity contribution in [3.8, 4) is 5.75 Å². The Hall–Kier alpha value is -1.28. The molecule has 1 aliphatic carbocycles. The van der Waals surface area contributed by atoms with Crippen molar-refractivity contribution >= 4 is 13.6 Å². The van der Waals surface area contributed by atoms with Gasteiger partial charge in [-0.2, -0.15) is 0 Å². The maximum Gasteiger partial charge on any atom is 0.119 e. The van der Waals surface area contributed by atoms with Crippen LogP contribution in [0.1, 0.15) is 17.5 Å². The minimum absolute atomic E-state index is 0.962. The predicted molar refractivity (Wildman–Crippen MR) is 81.8 cm³/mol. The van der Waals surface area contributed by atoms with E-state index in [4.69, 9.17) is 4.74 Å². The van der Waals surface area contributed by atoms with Crippen LogP contribution in [0.5, 0.6) is 5.75 Å². The molecule has 0 fully saturated rings. The van der Waals surface area contributed by atoms with E-state index in [-0.39, 0.29) is 0 Å². The highest BCUT2D eigenvalue weighted by molar-refractivity contribution is 6.81. The summed E-state index contributed by atoms with van der Waals surface area (Å²) in [5.74, 6) is 0.962. The first-order valence-corrected chi connectivity index (χ1v) is 10.1. The maximum atomic E-state index is 5.30. The lowest BCUT2D eigenvalue weighted by Crippen LogP contribution is -2.15. The average molecular weight is 258 g/mol. The van der Waals surface area contributed by atoms with Crippen molar-refractivity contribution in [2.75, 3.05) is 7.11 Å². The number of benzene rings is 1. The van der Waals surface area contributed by atoms with Crippen molar-refractivity contribution in [3.05, 3.63) is 47.2 Å². The van der Waals surface area contributed by atoms with Crippen LogP contribution in [0.25, 0.3) is 5.57 Å². The van der Waals surface area contributed by atoms with Gasteiger partial charge >= 0.3 is 0 Å². The minimum Gasteiger partial charge on any atom is -0.497 e. The topological polar surface area (TPSA) is 9.23 Å². The van der Waals surface area contributed by atoms with E-state index in [1.54, 1.807) is 7.11 Å². The van der Waals surface area contributed by atoms with Crippen molar-refractivity contribution in [1.82, 2.24) is 0 Å². The Labute approximate surface area is 111 Å². The summed E-state index contributed by atoms with van der Waals surface area (Å²) in [4.78, 5) is 0. The van der Waals surface area contributed by atoms with Gasteiger partial charge in [-0.25, -0.2) is 0 Å². The molecule has 1 nitrogen and oxygen atoms in total. The molecule has 0 aliphatic heterocycles.